The summed E-state index contributed by atoms with van der Waals surface area (Å²) < 4.78 is 4.86. The van der Waals surface area contributed by atoms with Crippen molar-refractivity contribution in [1.29, 1.82) is 0 Å². The average Bonchev–Trinajstić information content (AvgIpc) is 3.87. The van der Waals surface area contributed by atoms with E-state index in [9.17, 15) is 0 Å². The van der Waals surface area contributed by atoms with Gasteiger partial charge in [0.2, 0.25) is 0 Å². The number of nitrogens with zero attached hydrogens (tertiary/aromatic N) is 3. The molecule has 3 aromatic heterocycles. The van der Waals surface area contributed by atoms with Crippen LogP contribution in [0.1, 0.15) is 0 Å². The summed E-state index contributed by atoms with van der Waals surface area (Å²) in [4.78, 5) is 4.79. The monoisotopic (exact) mass is 685 g/mol. The van der Waals surface area contributed by atoms with E-state index in [1.807, 2.05) is 12.3 Å². The highest BCUT2D eigenvalue weighted by Gasteiger charge is 2.25. The predicted molar refractivity (Wildman–Crippen MR) is 226 cm³/mol. The molecule has 0 aliphatic heterocycles. The molecule has 3 heterocycles. The van der Waals surface area contributed by atoms with Crippen LogP contribution in [0, 0.1) is 0 Å². The zero-order chi connectivity index (χ0) is 35.3. The van der Waals surface area contributed by atoms with Crippen LogP contribution < -0.4 is 0 Å². The third kappa shape index (κ3) is 4.09. The lowest BCUT2D eigenvalue weighted by Gasteiger charge is -2.13. The van der Waals surface area contributed by atoms with E-state index in [0.29, 0.717) is 0 Å². The molecule has 54 heavy (non-hydrogen) atoms. The molecule has 11 aromatic rings. The van der Waals surface area contributed by atoms with Gasteiger partial charge in [-0.25, -0.2) is 0 Å². The lowest BCUT2D eigenvalue weighted by Crippen LogP contribution is -1.95. The Labute approximate surface area is 311 Å². The van der Waals surface area contributed by atoms with E-state index in [-0.39, 0.29) is 0 Å². The highest BCUT2D eigenvalue weighted by Crippen LogP contribution is 2.48. The van der Waals surface area contributed by atoms with Gasteiger partial charge in [-0.05, 0) is 88.5 Å². The van der Waals surface area contributed by atoms with Gasteiger partial charge in [-0.2, -0.15) is 0 Å². The second kappa shape index (κ2) is 11.1. The van der Waals surface area contributed by atoms with Gasteiger partial charge in [0.1, 0.15) is 0 Å². The number of para-hydroxylation sites is 2. The van der Waals surface area contributed by atoms with Crippen molar-refractivity contribution >= 4 is 54.4 Å². The van der Waals surface area contributed by atoms with Crippen molar-refractivity contribution in [3.05, 3.63) is 188 Å². The Balaban J connectivity index is 1.03. The molecule has 0 atom stereocenters. The van der Waals surface area contributed by atoms with Crippen molar-refractivity contribution in [2.24, 2.45) is 0 Å². The molecule has 0 amide bonds. The molecule has 3 heteroatoms. The Bertz CT molecular complexity index is 3300. The van der Waals surface area contributed by atoms with Gasteiger partial charge in [0, 0.05) is 55.3 Å². The molecule has 0 spiro atoms. The maximum absolute atomic E-state index is 4.79. The molecule has 250 valence electrons. The van der Waals surface area contributed by atoms with Crippen molar-refractivity contribution in [2.75, 3.05) is 0 Å². The summed E-state index contributed by atoms with van der Waals surface area (Å²) in [6.07, 6.45) is 1.90. The molecule has 0 radical (unpaired) electrons. The van der Waals surface area contributed by atoms with Crippen LogP contribution in [0.4, 0.5) is 0 Å². The molecule has 0 saturated heterocycles. The molecule has 0 saturated carbocycles. The molecule has 3 nitrogen and oxygen atoms in total. The molecular weight excluding hydrogens is 655 g/mol. The molecular formula is C51H31N3. The fraction of sp³-hybridized carbons (Fsp3) is 0. The second-order valence-corrected chi connectivity index (χ2v) is 14.3. The number of pyridine rings is 1. The maximum Gasteiger partial charge on any atom is 0.0786 e. The summed E-state index contributed by atoms with van der Waals surface area (Å²) in [7, 11) is 0. The predicted octanol–water partition coefficient (Wildman–Crippen LogP) is 13.4. The molecule has 1 aliphatic rings. The SMILES string of the molecule is c1ccc(-c2cccc(-n3c4ccccc4c4cc(-c5ccc6c(c5)c5ccccc5n6-c5ccc6c7c(cccc57)-c5ncccc5-6)ccc43)c2)cc1. The Hall–Kier alpha value is -7.23. The summed E-state index contributed by atoms with van der Waals surface area (Å²) in [6, 6.07) is 66.5. The Morgan fingerprint density at radius 2 is 0.926 bits per heavy atom. The molecule has 0 unspecified atom stereocenters. The molecule has 1 aliphatic carbocycles. The van der Waals surface area contributed by atoms with Gasteiger partial charge in [-0.1, -0.05) is 121 Å². The van der Waals surface area contributed by atoms with Gasteiger partial charge in [-0.3, -0.25) is 4.98 Å². The summed E-state index contributed by atoms with van der Waals surface area (Å²) >= 11 is 0. The van der Waals surface area contributed by atoms with E-state index in [1.165, 1.54) is 99.0 Å². The minimum atomic E-state index is 1.07. The van der Waals surface area contributed by atoms with Crippen molar-refractivity contribution in [1.82, 2.24) is 14.1 Å². The normalized spacial score (nSPS) is 12.1. The van der Waals surface area contributed by atoms with E-state index >= 15 is 0 Å². The van der Waals surface area contributed by atoms with Crippen molar-refractivity contribution in [3.8, 4) is 56.0 Å². The fourth-order valence-electron chi connectivity index (χ4n) is 9.14. The Morgan fingerprint density at radius 3 is 1.70 bits per heavy atom. The lowest BCUT2D eigenvalue weighted by atomic mass is 10.0. The van der Waals surface area contributed by atoms with Crippen molar-refractivity contribution in [2.45, 2.75) is 0 Å². The summed E-state index contributed by atoms with van der Waals surface area (Å²) in [5.41, 5.74) is 16.8. The average molecular weight is 686 g/mol. The molecule has 8 aromatic carbocycles. The number of rotatable bonds is 4. The maximum atomic E-state index is 4.79. The van der Waals surface area contributed by atoms with Crippen LogP contribution in [0.15, 0.2) is 188 Å². The minimum Gasteiger partial charge on any atom is -0.309 e. The van der Waals surface area contributed by atoms with E-state index < -0.39 is 0 Å². The van der Waals surface area contributed by atoms with Gasteiger partial charge in [-0.15, -0.1) is 0 Å². The van der Waals surface area contributed by atoms with Crippen LogP contribution in [0.2, 0.25) is 0 Å². The summed E-state index contributed by atoms with van der Waals surface area (Å²) in [5, 5.41) is 7.52. The first kappa shape index (κ1) is 29.4. The first-order valence-corrected chi connectivity index (χ1v) is 18.5. The van der Waals surface area contributed by atoms with Crippen LogP contribution in [0.3, 0.4) is 0 Å². The fourth-order valence-corrected chi connectivity index (χ4v) is 9.14. The van der Waals surface area contributed by atoms with Crippen LogP contribution in [-0.2, 0) is 0 Å². The first-order valence-electron chi connectivity index (χ1n) is 18.5. The largest absolute Gasteiger partial charge is 0.309 e. The van der Waals surface area contributed by atoms with Gasteiger partial charge in [0.05, 0.1) is 33.4 Å². The van der Waals surface area contributed by atoms with Crippen molar-refractivity contribution < 1.29 is 0 Å². The zero-order valence-electron chi connectivity index (χ0n) is 29.2. The van der Waals surface area contributed by atoms with E-state index in [0.717, 1.165) is 11.4 Å². The minimum absolute atomic E-state index is 1.07. The third-order valence-electron chi connectivity index (χ3n) is 11.5. The number of hydrogen-bond donors (Lipinski definition) is 0. The molecule has 0 bridgehead atoms. The van der Waals surface area contributed by atoms with Crippen LogP contribution >= 0.6 is 0 Å². The Morgan fingerprint density at radius 1 is 0.333 bits per heavy atom. The second-order valence-electron chi connectivity index (χ2n) is 14.3. The summed E-state index contributed by atoms with van der Waals surface area (Å²) in [5.74, 6) is 0. The number of aromatic nitrogens is 3. The zero-order valence-corrected chi connectivity index (χ0v) is 29.2. The van der Waals surface area contributed by atoms with Gasteiger partial charge in [0.15, 0.2) is 0 Å². The quantitative estimate of drug-likeness (QED) is 0.181. The smallest absolute Gasteiger partial charge is 0.0786 e. The highest BCUT2D eigenvalue weighted by molar-refractivity contribution is 6.18. The standard InChI is InChI=1S/C51H31N3/c1-2-11-32(12-3-1)33-13-8-14-36(29-33)53-45-20-6-4-15-37(45)43-30-34(22-25-48(43)53)35-23-26-49-44(31-35)38-16-5-7-21-46(38)54(49)47-27-24-39-40-19-10-28-52-51(40)42-18-9-17-41(47)50(39)42/h1-31H. The number of benzene rings is 8. The lowest BCUT2D eigenvalue weighted by molar-refractivity contribution is 1.18. The van der Waals surface area contributed by atoms with Crippen molar-refractivity contribution in [3.63, 3.8) is 0 Å². The van der Waals surface area contributed by atoms with Crippen LogP contribution in [0.5, 0.6) is 0 Å². The highest BCUT2D eigenvalue weighted by atomic mass is 15.0. The Kier molecular flexibility index (Phi) is 6.05. The molecule has 0 N–H and O–H groups in total. The molecule has 0 fully saturated rings. The van der Waals surface area contributed by atoms with Gasteiger partial charge >= 0.3 is 0 Å². The third-order valence-corrected chi connectivity index (χ3v) is 11.5. The molecule has 12 rings (SSSR count). The van der Waals surface area contributed by atoms with Crippen LogP contribution in [-0.4, -0.2) is 14.1 Å². The van der Waals surface area contributed by atoms with E-state index in [4.69, 9.17) is 4.98 Å². The topological polar surface area (TPSA) is 22.8 Å². The van der Waals surface area contributed by atoms with E-state index in [2.05, 4.69) is 185 Å². The van der Waals surface area contributed by atoms with E-state index in [1.54, 1.807) is 0 Å². The van der Waals surface area contributed by atoms with Crippen LogP contribution in [0.25, 0.3) is 110 Å². The summed E-state index contributed by atoms with van der Waals surface area (Å²) in [6.45, 7) is 0. The first-order chi connectivity index (χ1) is 26.8. The van der Waals surface area contributed by atoms with Gasteiger partial charge in [0.25, 0.3) is 0 Å². The van der Waals surface area contributed by atoms with Gasteiger partial charge < -0.3 is 9.13 Å². The number of fused-ring (bicyclic) bond motifs is 9. The number of hydrogen-bond acceptors (Lipinski definition) is 1.